The van der Waals surface area contributed by atoms with E-state index in [9.17, 15) is 10.1 Å². The first-order chi connectivity index (χ1) is 10.3. The van der Waals surface area contributed by atoms with Crippen LogP contribution in [0.3, 0.4) is 0 Å². The molecule has 6 heteroatoms. The fraction of sp³-hybridized carbons (Fsp3) is 0.667. The lowest BCUT2D eigenvalue weighted by Gasteiger charge is -2.33. The van der Waals surface area contributed by atoms with Gasteiger partial charge in [0.2, 0.25) is 5.91 Å². The van der Waals surface area contributed by atoms with E-state index < -0.39 is 5.92 Å². The number of nitrogens with zero attached hydrogens (tertiary/aromatic N) is 2. The third kappa shape index (κ3) is 4.32. The molecule has 1 N–H and O–H groups in total. The van der Waals surface area contributed by atoms with E-state index in [-0.39, 0.29) is 11.3 Å². The molecule has 5 nitrogen and oxygen atoms in total. The predicted molar refractivity (Wildman–Crippen MR) is 83.9 cm³/mol. The SMILES string of the molecule is COCCCN=C1S[C@H]([C@@H]2CC=CCC2)NC(=O)C1C#N. The molecule has 114 valence electrons. The van der Waals surface area contributed by atoms with Gasteiger partial charge in [0, 0.05) is 20.3 Å². The Kier molecular flexibility index (Phi) is 6.27. The number of nitrogens with one attached hydrogen (secondary N) is 1. The molecule has 2 rings (SSSR count). The summed E-state index contributed by atoms with van der Waals surface area (Å²) in [5.74, 6) is -0.540. The maximum absolute atomic E-state index is 12.1. The van der Waals surface area contributed by atoms with Crippen LogP contribution >= 0.6 is 11.8 Å². The van der Waals surface area contributed by atoms with Crippen molar-refractivity contribution in [3.05, 3.63) is 12.2 Å². The van der Waals surface area contributed by atoms with Gasteiger partial charge in [-0.3, -0.25) is 9.79 Å². The first kappa shape index (κ1) is 16.1. The summed E-state index contributed by atoms with van der Waals surface area (Å²) in [5, 5.41) is 12.9. The van der Waals surface area contributed by atoms with Crippen LogP contribution < -0.4 is 5.32 Å². The highest BCUT2D eigenvalue weighted by atomic mass is 32.2. The Morgan fingerprint density at radius 3 is 3.10 bits per heavy atom. The van der Waals surface area contributed by atoms with Gasteiger partial charge in [-0.15, -0.1) is 0 Å². The fourth-order valence-corrected chi connectivity index (χ4v) is 3.85. The zero-order valence-electron chi connectivity index (χ0n) is 12.2. The normalized spacial score (nSPS) is 31.0. The van der Waals surface area contributed by atoms with E-state index in [0.29, 0.717) is 24.1 Å². The van der Waals surface area contributed by atoms with Gasteiger partial charge in [-0.2, -0.15) is 5.26 Å². The lowest BCUT2D eigenvalue weighted by Crippen LogP contribution is -2.48. The van der Waals surface area contributed by atoms with Crippen LogP contribution in [0.1, 0.15) is 25.7 Å². The van der Waals surface area contributed by atoms with E-state index >= 15 is 0 Å². The van der Waals surface area contributed by atoms with Crippen LogP contribution in [0, 0.1) is 23.2 Å². The molecule has 0 bridgehead atoms. The van der Waals surface area contributed by atoms with Gasteiger partial charge in [0.25, 0.3) is 0 Å². The van der Waals surface area contributed by atoms with Crippen molar-refractivity contribution in [2.75, 3.05) is 20.3 Å². The summed E-state index contributed by atoms with van der Waals surface area (Å²) in [6.45, 7) is 1.24. The second-order valence-corrected chi connectivity index (χ2v) is 6.38. The molecule has 2 aliphatic rings. The Morgan fingerprint density at radius 2 is 2.43 bits per heavy atom. The number of aliphatic imine (C=N–C) groups is 1. The minimum Gasteiger partial charge on any atom is -0.385 e. The Hall–Kier alpha value is -1.32. The summed E-state index contributed by atoms with van der Waals surface area (Å²) >= 11 is 1.55. The van der Waals surface area contributed by atoms with Crippen LogP contribution in [0.25, 0.3) is 0 Å². The molecule has 1 saturated heterocycles. The lowest BCUT2D eigenvalue weighted by atomic mass is 9.94. The van der Waals surface area contributed by atoms with E-state index in [1.54, 1.807) is 18.9 Å². The van der Waals surface area contributed by atoms with E-state index in [0.717, 1.165) is 25.7 Å². The first-order valence-electron chi connectivity index (χ1n) is 7.31. The zero-order chi connectivity index (χ0) is 15.1. The molecular formula is C15H21N3O2S. The average molecular weight is 307 g/mol. The molecule has 0 aromatic carbocycles. The summed E-state index contributed by atoms with van der Waals surface area (Å²) in [6, 6.07) is 2.06. The minimum absolute atomic E-state index is 0.0354. The average Bonchev–Trinajstić information content (AvgIpc) is 2.52. The Bertz CT molecular complexity index is 470. The Morgan fingerprint density at radius 1 is 1.57 bits per heavy atom. The number of ether oxygens (including phenoxy) is 1. The van der Waals surface area contributed by atoms with Gasteiger partial charge in [0.05, 0.1) is 16.5 Å². The number of amides is 1. The number of carbonyl (C=O) groups is 1. The molecule has 1 unspecified atom stereocenters. The molecule has 1 aliphatic heterocycles. The highest BCUT2D eigenvalue weighted by Crippen LogP contribution is 2.33. The van der Waals surface area contributed by atoms with Crippen LogP contribution in [0.5, 0.6) is 0 Å². The highest BCUT2D eigenvalue weighted by Gasteiger charge is 2.37. The van der Waals surface area contributed by atoms with Crippen molar-refractivity contribution in [2.24, 2.45) is 16.8 Å². The van der Waals surface area contributed by atoms with Crippen LogP contribution in [0.2, 0.25) is 0 Å². The number of allylic oxidation sites excluding steroid dienone is 2. The number of nitriles is 1. The topological polar surface area (TPSA) is 74.5 Å². The fourth-order valence-electron chi connectivity index (χ4n) is 2.51. The molecular weight excluding hydrogens is 286 g/mol. The van der Waals surface area contributed by atoms with Gasteiger partial charge in [-0.25, -0.2) is 0 Å². The number of methoxy groups -OCH3 is 1. The third-order valence-electron chi connectivity index (χ3n) is 3.68. The van der Waals surface area contributed by atoms with E-state index in [2.05, 4.69) is 28.5 Å². The molecule has 0 aromatic rings. The molecule has 21 heavy (non-hydrogen) atoms. The van der Waals surface area contributed by atoms with Crippen molar-refractivity contribution in [3.8, 4) is 6.07 Å². The number of rotatable bonds is 5. The standard InChI is InChI=1S/C15H21N3O2S/c1-20-9-5-8-17-15-12(10-16)13(19)18-14(21-15)11-6-3-2-4-7-11/h2-3,11-12,14H,4-9H2,1H3,(H,18,19)/t11-,12?,14-/m1/s1. The second-order valence-electron chi connectivity index (χ2n) is 5.22. The van der Waals surface area contributed by atoms with Gasteiger partial charge in [0.1, 0.15) is 0 Å². The van der Waals surface area contributed by atoms with E-state index in [1.165, 1.54) is 0 Å². The molecule has 0 spiro atoms. The summed E-state index contributed by atoms with van der Waals surface area (Å²) in [6.07, 6.45) is 8.27. The third-order valence-corrected chi connectivity index (χ3v) is 5.05. The number of hydrogen-bond acceptors (Lipinski definition) is 5. The van der Waals surface area contributed by atoms with E-state index in [4.69, 9.17) is 4.74 Å². The number of carbonyl (C=O) groups excluding carboxylic acids is 1. The van der Waals surface area contributed by atoms with Crippen LogP contribution in [-0.4, -0.2) is 36.6 Å². The number of hydrogen-bond donors (Lipinski definition) is 1. The van der Waals surface area contributed by atoms with Crippen molar-refractivity contribution in [2.45, 2.75) is 31.1 Å². The highest BCUT2D eigenvalue weighted by molar-refractivity contribution is 8.14. The van der Waals surface area contributed by atoms with Crippen molar-refractivity contribution >= 4 is 22.7 Å². The second kappa shape index (κ2) is 8.20. The first-order valence-corrected chi connectivity index (χ1v) is 8.19. The van der Waals surface area contributed by atoms with Gasteiger partial charge >= 0.3 is 0 Å². The molecule has 0 saturated carbocycles. The van der Waals surface area contributed by atoms with Crippen molar-refractivity contribution in [1.82, 2.24) is 5.32 Å². The van der Waals surface area contributed by atoms with Gasteiger partial charge in [-0.1, -0.05) is 23.9 Å². The minimum atomic E-state index is -0.757. The Labute approximate surface area is 129 Å². The van der Waals surface area contributed by atoms with Crippen LogP contribution in [0.15, 0.2) is 17.1 Å². The summed E-state index contributed by atoms with van der Waals surface area (Å²) < 4.78 is 4.99. The molecule has 1 fully saturated rings. The quantitative estimate of drug-likeness (QED) is 0.623. The molecule has 0 aromatic heterocycles. The molecule has 1 aliphatic carbocycles. The Balaban J connectivity index is 2.03. The largest absolute Gasteiger partial charge is 0.385 e. The van der Waals surface area contributed by atoms with Gasteiger partial charge in [0.15, 0.2) is 5.92 Å². The lowest BCUT2D eigenvalue weighted by molar-refractivity contribution is -0.122. The zero-order valence-corrected chi connectivity index (χ0v) is 13.1. The summed E-state index contributed by atoms with van der Waals surface area (Å²) in [7, 11) is 1.65. The summed E-state index contributed by atoms with van der Waals surface area (Å²) in [5.41, 5.74) is 0. The molecule has 1 heterocycles. The van der Waals surface area contributed by atoms with Crippen LogP contribution in [0.4, 0.5) is 0 Å². The smallest absolute Gasteiger partial charge is 0.244 e. The monoisotopic (exact) mass is 307 g/mol. The predicted octanol–water partition coefficient (Wildman–Crippen LogP) is 2.11. The van der Waals surface area contributed by atoms with Gasteiger partial charge < -0.3 is 10.1 Å². The van der Waals surface area contributed by atoms with Gasteiger partial charge in [-0.05, 0) is 31.6 Å². The van der Waals surface area contributed by atoms with E-state index in [1.807, 2.05) is 0 Å². The maximum Gasteiger partial charge on any atom is 0.244 e. The summed E-state index contributed by atoms with van der Waals surface area (Å²) in [4.78, 5) is 16.6. The maximum atomic E-state index is 12.1. The molecule has 0 radical (unpaired) electrons. The molecule has 1 amide bonds. The molecule has 3 atom stereocenters. The van der Waals surface area contributed by atoms with Crippen molar-refractivity contribution < 1.29 is 9.53 Å². The van der Waals surface area contributed by atoms with Crippen molar-refractivity contribution in [1.29, 1.82) is 5.26 Å². The van der Waals surface area contributed by atoms with Crippen LogP contribution in [-0.2, 0) is 9.53 Å². The number of thioether (sulfide) groups is 1. The van der Waals surface area contributed by atoms with Crippen molar-refractivity contribution in [3.63, 3.8) is 0 Å².